The van der Waals surface area contributed by atoms with Gasteiger partial charge in [0.15, 0.2) is 0 Å². The van der Waals surface area contributed by atoms with E-state index in [4.69, 9.17) is 4.74 Å². The van der Waals surface area contributed by atoms with Gasteiger partial charge >= 0.3 is 0 Å². The number of carbonyl (C=O) groups excluding carboxylic acids is 1. The Kier molecular flexibility index (Phi) is 3.16. The highest BCUT2D eigenvalue weighted by atomic mass is 16.5. The van der Waals surface area contributed by atoms with Crippen LogP contribution in [0.3, 0.4) is 0 Å². The molecule has 128 valence electrons. The van der Waals surface area contributed by atoms with Crippen molar-refractivity contribution in [3.8, 4) is 5.75 Å². The molecule has 4 aliphatic rings. The number of ether oxygens (including phenoxy) is 1. The Balaban J connectivity index is 1.56. The molecule has 0 unspecified atom stereocenters. The van der Waals surface area contributed by atoms with Crippen molar-refractivity contribution in [1.29, 1.82) is 0 Å². The standard InChI is InChI=1S/C21H27NO2/c1-24-18-5-4-16-11-20-7-6-17(23)12-21(20,19(16)10-18)8-9-22(14-20)13-15-2-3-15/h4-5,10,15H,2-3,6-9,11-14H2,1H3/t20-,21+/m0/s1. The number of Topliss-reactive ketones (excluding diaryl/α,β-unsaturated/α-hetero) is 1. The van der Waals surface area contributed by atoms with E-state index in [1.807, 2.05) is 0 Å². The van der Waals surface area contributed by atoms with E-state index in [-0.39, 0.29) is 10.8 Å². The molecule has 0 N–H and O–H groups in total. The fraction of sp³-hybridized carbons (Fsp3) is 0.667. The van der Waals surface area contributed by atoms with Gasteiger partial charge in [-0.3, -0.25) is 4.79 Å². The van der Waals surface area contributed by atoms with Gasteiger partial charge in [0.1, 0.15) is 11.5 Å². The second kappa shape index (κ2) is 5.08. The zero-order valence-corrected chi connectivity index (χ0v) is 14.6. The maximum absolute atomic E-state index is 12.4. The van der Waals surface area contributed by atoms with Gasteiger partial charge in [0.2, 0.25) is 0 Å². The zero-order valence-electron chi connectivity index (χ0n) is 14.6. The summed E-state index contributed by atoms with van der Waals surface area (Å²) in [6.07, 6.45) is 7.75. The number of likely N-dealkylation sites (tertiary alicyclic amines) is 1. The Morgan fingerprint density at radius 3 is 2.92 bits per heavy atom. The van der Waals surface area contributed by atoms with Gasteiger partial charge in [-0.1, -0.05) is 6.07 Å². The Hall–Kier alpha value is -1.35. The average molecular weight is 325 g/mol. The lowest BCUT2D eigenvalue weighted by Crippen LogP contribution is -2.59. The fourth-order valence-corrected chi connectivity index (χ4v) is 5.97. The first-order chi connectivity index (χ1) is 11.6. The second-order valence-electron chi connectivity index (χ2n) is 8.71. The number of nitrogens with zero attached hydrogens (tertiary/aromatic N) is 1. The maximum atomic E-state index is 12.4. The molecule has 3 heteroatoms. The van der Waals surface area contributed by atoms with Crippen LogP contribution in [0.15, 0.2) is 18.2 Å². The van der Waals surface area contributed by atoms with Gasteiger partial charge in [0.25, 0.3) is 0 Å². The summed E-state index contributed by atoms with van der Waals surface area (Å²) in [5, 5.41) is 0. The van der Waals surface area contributed by atoms with Crippen LogP contribution in [0, 0.1) is 11.3 Å². The van der Waals surface area contributed by atoms with Crippen LogP contribution >= 0.6 is 0 Å². The molecule has 24 heavy (non-hydrogen) atoms. The fourth-order valence-electron chi connectivity index (χ4n) is 5.97. The molecule has 3 fully saturated rings. The molecule has 0 amide bonds. The molecule has 5 rings (SSSR count). The minimum absolute atomic E-state index is 0.0757. The molecule has 3 nitrogen and oxygen atoms in total. The lowest BCUT2D eigenvalue weighted by atomic mass is 9.53. The quantitative estimate of drug-likeness (QED) is 0.853. The van der Waals surface area contributed by atoms with Crippen molar-refractivity contribution in [2.45, 2.75) is 50.4 Å². The van der Waals surface area contributed by atoms with E-state index in [1.54, 1.807) is 7.11 Å². The molecule has 3 aliphatic carbocycles. The van der Waals surface area contributed by atoms with Crippen molar-refractivity contribution in [1.82, 2.24) is 4.90 Å². The van der Waals surface area contributed by atoms with E-state index in [2.05, 4.69) is 23.1 Å². The molecule has 2 atom stereocenters. The molecule has 0 aromatic heterocycles. The molecule has 1 heterocycles. The van der Waals surface area contributed by atoms with E-state index < -0.39 is 0 Å². The van der Waals surface area contributed by atoms with Crippen LogP contribution in [0.25, 0.3) is 0 Å². The maximum Gasteiger partial charge on any atom is 0.133 e. The third-order valence-electron chi connectivity index (χ3n) is 7.35. The minimum atomic E-state index is 0.0757. The summed E-state index contributed by atoms with van der Waals surface area (Å²) >= 11 is 0. The van der Waals surface area contributed by atoms with Crippen molar-refractivity contribution in [2.24, 2.45) is 11.3 Å². The van der Waals surface area contributed by atoms with Gasteiger partial charge in [-0.15, -0.1) is 0 Å². The number of fused-ring (bicyclic) bond motifs is 1. The van der Waals surface area contributed by atoms with Gasteiger partial charge in [-0.25, -0.2) is 0 Å². The number of carbonyl (C=O) groups is 1. The van der Waals surface area contributed by atoms with Gasteiger partial charge in [0, 0.05) is 31.3 Å². The number of rotatable bonds is 3. The van der Waals surface area contributed by atoms with Crippen LogP contribution in [0.5, 0.6) is 5.75 Å². The topological polar surface area (TPSA) is 29.5 Å². The van der Waals surface area contributed by atoms with Gasteiger partial charge in [-0.05, 0) is 73.2 Å². The minimum Gasteiger partial charge on any atom is -0.497 e. The Labute approximate surface area is 144 Å². The lowest BCUT2D eigenvalue weighted by Gasteiger charge is -2.56. The Morgan fingerprint density at radius 2 is 2.12 bits per heavy atom. The summed E-state index contributed by atoms with van der Waals surface area (Å²) in [6.45, 7) is 3.63. The van der Waals surface area contributed by atoms with Gasteiger partial charge in [-0.2, -0.15) is 0 Å². The number of ketones is 1. The molecule has 1 saturated heterocycles. The van der Waals surface area contributed by atoms with Crippen molar-refractivity contribution >= 4 is 5.78 Å². The first kappa shape index (κ1) is 14.9. The molecule has 1 aromatic rings. The van der Waals surface area contributed by atoms with Crippen molar-refractivity contribution in [3.63, 3.8) is 0 Å². The van der Waals surface area contributed by atoms with Crippen LogP contribution in [-0.2, 0) is 16.6 Å². The monoisotopic (exact) mass is 325 g/mol. The van der Waals surface area contributed by atoms with Crippen LogP contribution in [0.4, 0.5) is 0 Å². The number of methoxy groups -OCH3 is 1. The summed E-state index contributed by atoms with van der Waals surface area (Å²) < 4.78 is 5.51. The molecule has 0 bridgehead atoms. The molecule has 1 aliphatic heterocycles. The van der Waals surface area contributed by atoms with E-state index >= 15 is 0 Å². The first-order valence-corrected chi connectivity index (χ1v) is 9.56. The van der Waals surface area contributed by atoms with Crippen LogP contribution in [0.1, 0.15) is 49.7 Å². The van der Waals surface area contributed by atoms with Crippen molar-refractivity contribution in [2.75, 3.05) is 26.7 Å². The van der Waals surface area contributed by atoms with E-state index in [0.717, 1.165) is 50.3 Å². The summed E-state index contributed by atoms with van der Waals surface area (Å²) in [7, 11) is 1.74. The third-order valence-corrected chi connectivity index (χ3v) is 7.35. The number of hydrogen-bond acceptors (Lipinski definition) is 3. The predicted molar refractivity (Wildman–Crippen MR) is 93.4 cm³/mol. The molecule has 1 aromatic carbocycles. The average Bonchev–Trinajstić information content (AvgIpc) is 3.35. The predicted octanol–water partition coefficient (Wildman–Crippen LogP) is 3.34. The Morgan fingerprint density at radius 1 is 1.25 bits per heavy atom. The largest absolute Gasteiger partial charge is 0.497 e. The lowest BCUT2D eigenvalue weighted by molar-refractivity contribution is -0.129. The normalized spacial score (nSPS) is 35.3. The summed E-state index contributed by atoms with van der Waals surface area (Å²) in [4.78, 5) is 15.2. The molecule has 0 radical (unpaired) electrons. The molecule has 2 saturated carbocycles. The summed E-state index contributed by atoms with van der Waals surface area (Å²) in [5.41, 5.74) is 3.26. The summed E-state index contributed by atoms with van der Waals surface area (Å²) in [5.74, 6) is 2.36. The van der Waals surface area contributed by atoms with Crippen LogP contribution in [0.2, 0.25) is 0 Å². The second-order valence-corrected chi connectivity index (χ2v) is 8.71. The first-order valence-electron chi connectivity index (χ1n) is 9.56. The molecular formula is C21H27NO2. The van der Waals surface area contributed by atoms with E-state index in [0.29, 0.717) is 5.78 Å². The van der Waals surface area contributed by atoms with E-state index in [1.165, 1.54) is 37.1 Å². The smallest absolute Gasteiger partial charge is 0.133 e. The third kappa shape index (κ3) is 2.03. The highest BCUT2D eigenvalue weighted by Gasteiger charge is 2.62. The Bertz CT molecular complexity index is 695. The highest BCUT2D eigenvalue weighted by molar-refractivity contribution is 5.82. The van der Waals surface area contributed by atoms with Crippen LogP contribution < -0.4 is 4.74 Å². The van der Waals surface area contributed by atoms with E-state index in [9.17, 15) is 4.79 Å². The van der Waals surface area contributed by atoms with Crippen molar-refractivity contribution in [3.05, 3.63) is 29.3 Å². The number of benzene rings is 1. The molecular weight excluding hydrogens is 298 g/mol. The highest BCUT2D eigenvalue weighted by Crippen LogP contribution is 2.63. The summed E-state index contributed by atoms with van der Waals surface area (Å²) in [6, 6.07) is 6.60. The van der Waals surface area contributed by atoms with Crippen LogP contribution in [-0.4, -0.2) is 37.4 Å². The van der Waals surface area contributed by atoms with Crippen molar-refractivity contribution < 1.29 is 9.53 Å². The van der Waals surface area contributed by atoms with Gasteiger partial charge < -0.3 is 9.64 Å². The zero-order chi connectivity index (χ0) is 16.4. The van der Waals surface area contributed by atoms with Gasteiger partial charge in [0.05, 0.1) is 7.11 Å². The number of piperidine rings is 1. The SMILES string of the molecule is COc1ccc2c(c1)[C@]13CCN(CC4CC4)C[C@]1(CCC(=O)C3)C2. The number of hydrogen-bond donors (Lipinski definition) is 0. The molecule has 0 spiro atoms.